The van der Waals surface area contributed by atoms with Gasteiger partial charge in [-0.1, -0.05) is 6.07 Å². The third-order valence-electron chi connectivity index (χ3n) is 5.01. The molecule has 0 spiro atoms. The fraction of sp³-hybridized carbons (Fsp3) is 0.238. The molecule has 1 aliphatic rings. The quantitative estimate of drug-likeness (QED) is 0.757. The number of aromatic nitrogens is 3. The molecule has 3 heterocycles. The molecule has 1 fully saturated rings. The number of halogens is 1. The van der Waals surface area contributed by atoms with Gasteiger partial charge in [0.1, 0.15) is 17.7 Å². The van der Waals surface area contributed by atoms with Crippen LogP contribution in [0.5, 0.6) is 0 Å². The predicted octanol–water partition coefficient (Wildman–Crippen LogP) is 3.47. The summed E-state index contributed by atoms with van der Waals surface area (Å²) in [6.45, 7) is 0.625. The lowest BCUT2D eigenvalue weighted by Crippen LogP contribution is -2.42. The smallest absolute Gasteiger partial charge is 0.231 e. The molecular weight excluding hydrogens is 357 g/mol. The third kappa shape index (κ3) is 3.49. The van der Waals surface area contributed by atoms with Crippen LogP contribution in [0, 0.1) is 23.1 Å². The first-order valence-corrected chi connectivity index (χ1v) is 9.11. The maximum Gasteiger partial charge on any atom is 0.231 e. The van der Waals surface area contributed by atoms with Crippen LogP contribution in [0.15, 0.2) is 48.8 Å². The zero-order valence-electron chi connectivity index (χ0n) is 15.1. The molecule has 1 N–H and O–H groups in total. The number of nitriles is 1. The van der Waals surface area contributed by atoms with Crippen LogP contribution in [0.2, 0.25) is 0 Å². The molecule has 3 aromatic rings. The minimum Gasteiger partial charge on any atom is -0.297 e. The SMILES string of the molecule is N#Cc1cc(CC2CCCN(c3cc(-c4ccncc4)n[nH]3)C2=O)ccc1F. The molecule has 1 aromatic carbocycles. The van der Waals surface area contributed by atoms with Gasteiger partial charge in [-0.05, 0) is 49.1 Å². The van der Waals surface area contributed by atoms with E-state index in [1.165, 1.54) is 12.1 Å². The molecule has 28 heavy (non-hydrogen) atoms. The van der Waals surface area contributed by atoms with Crippen molar-refractivity contribution < 1.29 is 9.18 Å². The molecule has 140 valence electrons. The molecule has 1 aliphatic heterocycles. The van der Waals surface area contributed by atoms with E-state index >= 15 is 0 Å². The van der Waals surface area contributed by atoms with Crippen LogP contribution in [0.4, 0.5) is 10.2 Å². The van der Waals surface area contributed by atoms with E-state index in [4.69, 9.17) is 5.26 Å². The second-order valence-corrected chi connectivity index (χ2v) is 6.83. The fourth-order valence-corrected chi connectivity index (χ4v) is 3.57. The topological polar surface area (TPSA) is 85.7 Å². The monoisotopic (exact) mass is 375 g/mol. The average Bonchev–Trinajstić information content (AvgIpc) is 3.21. The van der Waals surface area contributed by atoms with Crippen molar-refractivity contribution in [2.45, 2.75) is 19.3 Å². The predicted molar refractivity (Wildman–Crippen MR) is 102 cm³/mol. The lowest BCUT2D eigenvalue weighted by Gasteiger charge is -2.31. The van der Waals surface area contributed by atoms with Gasteiger partial charge >= 0.3 is 0 Å². The van der Waals surface area contributed by atoms with Gasteiger partial charge in [0, 0.05) is 36.5 Å². The second-order valence-electron chi connectivity index (χ2n) is 6.83. The highest BCUT2D eigenvalue weighted by atomic mass is 19.1. The molecule has 2 aromatic heterocycles. The van der Waals surface area contributed by atoms with Gasteiger partial charge in [0.15, 0.2) is 0 Å². The van der Waals surface area contributed by atoms with Crippen LogP contribution in [0.3, 0.4) is 0 Å². The lowest BCUT2D eigenvalue weighted by molar-refractivity contribution is -0.123. The largest absolute Gasteiger partial charge is 0.297 e. The molecule has 7 heteroatoms. The van der Waals surface area contributed by atoms with Gasteiger partial charge in [0.2, 0.25) is 5.91 Å². The van der Waals surface area contributed by atoms with Gasteiger partial charge < -0.3 is 0 Å². The number of carbonyl (C=O) groups excluding carboxylic acids is 1. The van der Waals surface area contributed by atoms with Gasteiger partial charge in [0.05, 0.1) is 11.3 Å². The van der Waals surface area contributed by atoms with E-state index in [0.29, 0.717) is 18.8 Å². The summed E-state index contributed by atoms with van der Waals surface area (Å²) < 4.78 is 13.5. The van der Waals surface area contributed by atoms with Crippen molar-refractivity contribution in [2.24, 2.45) is 5.92 Å². The van der Waals surface area contributed by atoms with Gasteiger partial charge in [-0.3, -0.25) is 19.8 Å². The van der Waals surface area contributed by atoms with Crippen molar-refractivity contribution in [1.29, 1.82) is 5.26 Å². The lowest BCUT2D eigenvalue weighted by atomic mass is 9.90. The zero-order valence-corrected chi connectivity index (χ0v) is 15.1. The van der Waals surface area contributed by atoms with Gasteiger partial charge in [0.25, 0.3) is 0 Å². The number of H-pyrrole nitrogens is 1. The maximum atomic E-state index is 13.5. The minimum absolute atomic E-state index is 0.00757. The van der Waals surface area contributed by atoms with Crippen molar-refractivity contribution in [3.8, 4) is 17.3 Å². The van der Waals surface area contributed by atoms with E-state index < -0.39 is 5.82 Å². The van der Waals surface area contributed by atoms with Crippen molar-refractivity contribution >= 4 is 11.7 Å². The fourth-order valence-electron chi connectivity index (χ4n) is 3.57. The van der Waals surface area contributed by atoms with E-state index in [1.807, 2.05) is 24.3 Å². The molecule has 0 bridgehead atoms. The van der Waals surface area contributed by atoms with Crippen molar-refractivity contribution in [1.82, 2.24) is 15.2 Å². The van der Waals surface area contributed by atoms with Crippen LogP contribution in [0.1, 0.15) is 24.0 Å². The highest BCUT2D eigenvalue weighted by Gasteiger charge is 2.31. The van der Waals surface area contributed by atoms with E-state index in [9.17, 15) is 9.18 Å². The first-order chi connectivity index (χ1) is 13.7. The molecule has 1 atom stereocenters. The van der Waals surface area contributed by atoms with Crippen LogP contribution in [0.25, 0.3) is 11.3 Å². The van der Waals surface area contributed by atoms with Crippen LogP contribution < -0.4 is 4.90 Å². The average molecular weight is 375 g/mol. The number of benzene rings is 1. The summed E-state index contributed by atoms with van der Waals surface area (Å²) in [7, 11) is 0. The Bertz CT molecular complexity index is 1040. The molecule has 0 saturated carbocycles. The number of piperidine rings is 1. The number of hydrogen-bond donors (Lipinski definition) is 1. The number of anilines is 1. The number of nitrogens with zero attached hydrogens (tertiary/aromatic N) is 4. The van der Waals surface area contributed by atoms with Gasteiger partial charge in [-0.25, -0.2) is 4.39 Å². The zero-order chi connectivity index (χ0) is 19.5. The molecule has 1 amide bonds. The number of carbonyl (C=O) groups is 1. The third-order valence-corrected chi connectivity index (χ3v) is 5.01. The molecule has 1 unspecified atom stereocenters. The molecule has 1 saturated heterocycles. The highest BCUT2D eigenvalue weighted by Crippen LogP contribution is 2.28. The van der Waals surface area contributed by atoms with E-state index in [-0.39, 0.29) is 17.4 Å². The number of pyridine rings is 1. The first-order valence-electron chi connectivity index (χ1n) is 9.11. The van der Waals surface area contributed by atoms with E-state index in [2.05, 4.69) is 15.2 Å². The Morgan fingerprint density at radius 1 is 1.25 bits per heavy atom. The number of nitrogens with one attached hydrogen (secondary N) is 1. The molecule has 6 nitrogen and oxygen atoms in total. The van der Waals surface area contributed by atoms with Crippen LogP contribution in [-0.4, -0.2) is 27.6 Å². The van der Waals surface area contributed by atoms with Crippen molar-refractivity contribution in [3.63, 3.8) is 0 Å². The minimum atomic E-state index is -0.538. The summed E-state index contributed by atoms with van der Waals surface area (Å²) in [5, 5.41) is 16.3. The Morgan fingerprint density at radius 2 is 2.07 bits per heavy atom. The maximum absolute atomic E-state index is 13.5. The summed E-state index contributed by atoms with van der Waals surface area (Å²) in [6, 6.07) is 11.9. The molecule has 0 aliphatic carbocycles. The number of amides is 1. The summed E-state index contributed by atoms with van der Waals surface area (Å²) >= 11 is 0. The van der Waals surface area contributed by atoms with Gasteiger partial charge in [-0.15, -0.1) is 0 Å². The standard InChI is InChI=1S/C21H18FN5O/c22-18-4-3-14(11-17(18)13-23)10-16-2-1-9-27(21(16)28)20-12-19(25-26-20)15-5-7-24-8-6-15/h3-8,11-12,16H,1-2,9-10H2,(H,25,26). The van der Waals surface area contributed by atoms with E-state index in [0.717, 1.165) is 29.7 Å². The number of rotatable bonds is 4. The Morgan fingerprint density at radius 3 is 2.86 bits per heavy atom. The Kier molecular flexibility index (Phi) is 4.85. The number of aromatic amines is 1. The molecule has 4 rings (SSSR count). The summed E-state index contributed by atoms with van der Waals surface area (Å²) in [4.78, 5) is 18.8. The van der Waals surface area contributed by atoms with Crippen LogP contribution in [-0.2, 0) is 11.2 Å². The Balaban J connectivity index is 1.52. The summed E-state index contributed by atoms with van der Waals surface area (Å²) in [5.41, 5.74) is 2.48. The summed E-state index contributed by atoms with van der Waals surface area (Å²) in [5.74, 6) is -0.0697. The summed E-state index contributed by atoms with van der Waals surface area (Å²) in [6.07, 6.45) is 5.51. The second kappa shape index (κ2) is 7.61. The van der Waals surface area contributed by atoms with Gasteiger partial charge in [-0.2, -0.15) is 10.4 Å². The number of hydrogen-bond acceptors (Lipinski definition) is 4. The normalized spacial score (nSPS) is 16.8. The molecular formula is C21H18FN5O. The highest BCUT2D eigenvalue weighted by molar-refractivity contribution is 5.95. The van der Waals surface area contributed by atoms with Crippen LogP contribution >= 0.6 is 0 Å². The molecule has 0 radical (unpaired) electrons. The Labute approximate surface area is 161 Å². The van der Waals surface area contributed by atoms with Crippen molar-refractivity contribution in [2.75, 3.05) is 11.4 Å². The Hall–Kier alpha value is -3.53. The first kappa shape index (κ1) is 17.9. The van der Waals surface area contributed by atoms with Crippen molar-refractivity contribution in [3.05, 3.63) is 65.7 Å². The van der Waals surface area contributed by atoms with E-state index in [1.54, 1.807) is 23.4 Å².